The van der Waals surface area contributed by atoms with Gasteiger partial charge in [-0.05, 0) is 38.3 Å². The van der Waals surface area contributed by atoms with E-state index in [4.69, 9.17) is 5.73 Å². The molecule has 4 heteroatoms. The maximum atomic E-state index is 12.6. The topological polar surface area (TPSA) is 51.3 Å². The van der Waals surface area contributed by atoms with Crippen molar-refractivity contribution in [1.82, 2.24) is 9.47 Å². The van der Waals surface area contributed by atoms with Crippen molar-refractivity contribution in [2.45, 2.75) is 45.7 Å². The molecule has 2 heterocycles. The molecule has 0 bridgehead atoms. The van der Waals surface area contributed by atoms with Crippen molar-refractivity contribution >= 4 is 5.91 Å². The molecule has 2 atom stereocenters. The van der Waals surface area contributed by atoms with Crippen molar-refractivity contribution in [3.05, 3.63) is 24.0 Å². The summed E-state index contributed by atoms with van der Waals surface area (Å²) >= 11 is 0. The van der Waals surface area contributed by atoms with E-state index in [1.54, 1.807) is 0 Å². The van der Waals surface area contributed by atoms with Gasteiger partial charge in [-0.15, -0.1) is 0 Å². The van der Waals surface area contributed by atoms with Crippen LogP contribution in [0.1, 0.15) is 50.1 Å². The monoisotopic (exact) mass is 263 g/mol. The Balaban J connectivity index is 2.13. The second-order valence-corrected chi connectivity index (χ2v) is 5.77. The van der Waals surface area contributed by atoms with Crippen LogP contribution in [-0.2, 0) is 0 Å². The van der Waals surface area contributed by atoms with E-state index in [0.717, 1.165) is 31.6 Å². The van der Waals surface area contributed by atoms with E-state index in [-0.39, 0.29) is 11.9 Å². The average Bonchev–Trinajstić information content (AvgIpc) is 2.87. The molecule has 0 saturated carbocycles. The Bertz CT molecular complexity index is 438. The Morgan fingerprint density at radius 1 is 1.53 bits per heavy atom. The van der Waals surface area contributed by atoms with Crippen LogP contribution in [0.4, 0.5) is 0 Å². The number of amides is 1. The molecule has 1 aliphatic heterocycles. The van der Waals surface area contributed by atoms with E-state index < -0.39 is 0 Å². The average molecular weight is 263 g/mol. The van der Waals surface area contributed by atoms with Gasteiger partial charge in [0.15, 0.2) is 0 Å². The largest absolute Gasteiger partial charge is 0.341 e. The molecule has 1 aromatic rings. The third kappa shape index (κ3) is 2.84. The number of aromatic nitrogens is 1. The third-order valence-electron chi connectivity index (χ3n) is 4.16. The zero-order chi connectivity index (χ0) is 14.0. The normalized spacial score (nSPS) is 23.9. The number of nitrogens with zero attached hydrogens (tertiary/aromatic N) is 2. The van der Waals surface area contributed by atoms with Crippen LogP contribution in [0.3, 0.4) is 0 Å². The molecule has 1 amide bonds. The highest BCUT2D eigenvalue weighted by atomic mass is 16.2. The summed E-state index contributed by atoms with van der Waals surface area (Å²) in [4.78, 5) is 14.6. The summed E-state index contributed by atoms with van der Waals surface area (Å²) in [5.74, 6) is 0.573. The van der Waals surface area contributed by atoms with Crippen LogP contribution >= 0.6 is 0 Å². The number of likely N-dealkylation sites (tertiary alicyclic amines) is 1. The zero-order valence-corrected chi connectivity index (χ0v) is 12.2. The van der Waals surface area contributed by atoms with E-state index >= 15 is 0 Å². The quantitative estimate of drug-likeness (QED) is 0.909. The minimum absolute atomic E-state index is 0.143. The first kappa shape index (κ1) is 14.1. The van der Waals surface area contributed by atoms with E-state index in [0.29, 0.717) is 12.0 Å². The predicted molar refractivity (Wildman–Crippen MR) is 77.1 cm³/mol. The Morgan fingerprint density at radius 3 is 2.89 bits per heavy atom. The van der Waals surface area contributed by atoms with Gasteiger partial charge in [-0.3, -0.25) is 4.79 Å². The summed E-state index contributed by atoms with van der Waals surface area (Å²) in [6, 6.07) is 4.41. The van der Waals surface area contributed by atoms with Crippen molar-refractivity contribution in [2.75, 3.05) is 13.1 Å². The molecule has 0 spiro atoms. The van der Waals surface area contributed by atoms with Crippen molar-refractivity contribution in [3.63, 3.8) is 0 Å². The van der Waals surface area contributed by atoms with Crippen LogP contribution < -0.4 is 5.73 Å². The fraction of sp³-hybridized carbons (Fsp3) is 0.667. The molecule has 1 saturated heterocycles. The van der Waals surface area contributed by atoms with Crippen LogP contribution in [0.15, 0.2) is 18.3 Å². The fourth-order valence-electron chi connectivity index (χ4n) is 2.85. The van der Waals surface area contributed by atoms with Crippen LogP contribution in [0.2, 0.25) is 0 Å². The minimum Gasteiger partial charge on any atom is -0.341 e. The number of piperidine rings is 1. The van der Waals surface area contributed by atoms with Gasteiger partial charge in [-0.2, -0.15) is 0 Å². The Kier molecular flexibility index (Phi) is 4.30. The van der Waals surface area contributed by atoms with Gasteiger partial charge in [0.25, 0.3) is 5.91 Å². The molecule has 106 valence electrons. The van der Waals surface area contributed by atoms with E-state index in [1.165, 1.54) is 0 Å². The molecule has 0 radical (unpaired) electrons. The minimum atomic E-state index is 0.143. The van der Waals surface area contributed by atoms with Crippen molar-refractivity contribution in [1.29, 1.82) is 0 Å². The smallest absolute Gasteiger partial charge is 0.270 e. The highest BCUT2D eigenvalue weighted by Crippen LogP contribution is 2.21. The van der Waals surface area contributed by atoms with Crippen molar-refractivity contribution < 1.29 is 4.79 Å². The van der Waals surface area contributed by atoms with Gasteiger partial charge in [0.05, 0.1) is 0 Å². The fourth-order valence-corrected chi connectivity index (χ4v) is 2.85. The molecular weight excluding hydrogens is 238 g/mol. The maximum Gasteiger partial charge on any atom is 0.270 e. The number of nitrogens with two attached hydrogens (primary N) is 1. The summed E-state index contributed by atoms with van der Waals surface area (Å²) in [7, 11) is 0. The van der Waals surface area contributed by atoms with E-state index in [2.05, 4.69) is 20.8 Å². The van der Waals surface area contributed by atoms with Gasteiger partial charge < -0.3 is 15.2 Å². The van der Waals surface area contributed by atoms with E-state index in [9.17, 15) is 4.79 Å². The van der Waals surface area contributed by atoms with Crippen LogP contribution in [0, 0.1) is 5.92 Å². The highest BCUT2D eigenvalue weighted by molar-refractivity contribution is 5.93. The molecule has 1 aliphatic rings. The van der Waals surface area contributed by atoms with Crippen LogP contribution in [0.25, 0.3) is 0 Å². The number of carbonyl (C=O) groups is 1. The van der Waals surface area contributed by atoms with Crippen molar-refractivity contribution in [2.24, 2.45) is 11.7 Å². The summed E-state index contributed by atoms with van der Waals surface area (Å²) in [5, 5.41) is 0. The Hall–Kier alpha value is -1.29. The van der Waals surface area contributed by atoms with Gasteiger partial charge in [0, 0.05) is 31.4 Å². The predicted octanol–water partition coefficient (Wildman–Crippen LogP) is 2.27. The summed E-state index contributed by atoms with van der Waals surface area (Å²) in [6.07, 6.45) is 3.92. The number of rotatable bonds is 3. The molecule has 19 heavy (non-hydrogen) atoms. The summed E-state index contributed by atoms with van der Waals surface area (Å²) in [5.41, 5.74) is 6.90. The molecule has 2 N–H and O–H groups in total. The second-order valence-electron chi connectivity index (χ2n) is 5.77. The summed E-state index contributed by atoms with van der Waals surface area (Å²) < 4.78 is 2.04. The lowest BCUT2D eigenvalue weighted by Gasteiger charge is -2.36. The lowest BCUT2D eigenvalue weighted by molar-refractivity contribution is 0.0636. The molecule has 0 aromatic carbocycles. The Morgan fingerprint density at radius 2 is 2.26 bits per heavy atom. The van der Waals surface area contributed by atoms with Crippen molar-refractivity contribution in [3.8, 4) is 0 Å². The zero-order valence-electron chi connectivity index (χ0n) is 12.2. The second kappa shape index (κ2) is 5.78. The molecule has 1 aromatic heterocycles. The van der Waals surface area contributed by atoms with Gasteiger partial charge >= 0.3 is 0 Å². The molecule has 0 aliphatic carbocycles. The Labute approximate surface area is 115 Å². The van der Waals surface area contributed by atoms with Gasteiger partial charge in [-0.1, -0.05) is 13.3 Å². The molecule has 2 unspecified atom stereocenters. The molecule has 1 fully saturated rings. The first-order chi connectivity index (χ1) is 9.04. The van der Waals surface area contributed by atoms with Gasteiger partial charge in [-0.25, -0.2) is 0 Å². The van der Waals surface area contributed by atoms with Gasteiger partial charge in [0.2, 0.25) is 0 Å². The lowest BCUT2D eigenvalue weighted by Crippen LogP contribution is -2.49. The van der Waals surface area contributed by atoms with Crippen LogP contribution in [0.5, 0.6) is 0 Å². The number of carbonyl (C=O) groups excluding carboxylic acids is 1. The molecule has 4 nitrogen and oxygen atoms in total. The van der Waals surface area contributed by atoms with Crippen LogP contribution in [-0.4, -0.2) is 34.5 Å². The standard InChI is InChI=1S/C15H25N3O/c1-4-12-10-17(9-7-13(12)16)15(19)14-6-5-8-18(14)11(2)3/h5-6,8,11-13H,4,7,9-10,16H2,1-3H3. The summed E-state index contributed by atoms with van der Waals surface area (Å²) in [6.45, 7) is 7.91. The third-order valence-corrected chi connectivity index (χ3v) is 4.16. The highest BCUT2D eigenvalue weighted by Gasteiger charge is 2.29. The first-order valence-corrected chi connectivity index (χ1v) is 7.26. The SMILES string of the molecule is CCC1CN(C(=O)c2cccn2C(C)C)CCC1N. The number of hydrogen-bond acceptors (Lipinski definition) is 2. The first-order valence-electron chi connectivity index (χ1n) is 7.26. The molecule has 2 rings (SSSR count). The van der Waals surface area contributed by atoms with Gasteiger partial charge in [0.1, 0.15) is 5.69 Å². The maximum absolute atomic E-state index is 12.6. The lowest BCUT2D eigenvalue weighted by atomic mass is 9.90. The number of hydrogen-bond donors (Lipinski definition) is 1. The molecular formula is C15H25N3O. The van der Waals surface area contributed by atoms with E-state index in [1.807, 2.05) is 27.8 Å².